The van der Waals surface area contributed by atoms with Crippen molar-refractivity contribution in [1.29, 1.82) is 0 Å². The molecule has 1 saturated heterocycles. The zero-order valence-electron chi connectivity index (χ0n) is 24.6. The SMILES string of the molecule is Cc1c(C)c(C)c(S(=O)(=O)N2CCN(C(=O)c3cc(S(=O)(=O)N4CCCc5ccccc54)ccc3Cl)CC2)c(C)c1C. The highest BCUT2D eigenvalue weighted by Crippen LogP contribution is 2.34. The number of anilines is 1. The van der Waals surface area contributed by atoms with Crippen LogP contribution in [0, 0.1) is 34.6 Å². The summed E-state index contributed by atoms with van der Waals surface area (Å²) >= 11 is 6.42. The van der Waals surface area contributed by atoms with Crippen LogP contribution < -0.4 is 4.31 Å². The minimum Gasteiger partial charge on any atom is -0.336 e. The zero-order valence-corrected chi connectivity index (χ0v) is 27.0. The minimum absolute atomic E-state index is 0.00997. The highest BCUT2D eigenvalue weighted by atomic mass is 35.5. The Morgan fingerprint density at radius 3 is 1.98 bits per heavy atom. The highest BCUT2D eigenvalue weighted by Gasteiger charge is 2.35. The summed E-state index contributed by atoms with van der Waals surface area (Å²) in [5.74, 6) is -0.428. The van der Waals surface area contributed by atoms with Crippen molar-refractivity contribution in [1.82, 2.24) is 9.21 Å². The summed E-state index contributed by atoms with van der Waals surface area (Å²) in [6.07, 6.45) is 1.50. The Kier molecular flexibility index (Phi) is 8.21. The molecule has 2 aliphatic rings. The van der Waals surface area contributed by atoms with Gasteiger partial charge in [-0.1, -0.05) is 29.8 Å². The number of halogens is 1. The molecule has 0 N–H and O–H groups in total. The van der Waals surface area contributed by atoms with Crippen LogP contribution in [0.2, 0.25) is 5.02 Å². The predicted octanol–water partition coefficient (Wildman–Crippen LogP) is 5.17. The lowest BCUT2D eigenvalue weighted by molar-refractivity contribution is 0.0697. The number of hydrogen-bond acceptors (Lipinski definition) is 5. The van der Waals surface area contributed by atoms with Gasteiger partial charge in [0.1, 0.15) is 0 Å². The quantitative estimate of drug-likeness (QED) is 0.388. The van der Waals surface area contributed by atoms with Crippen molar-refractivity contribution < 1.29 is 21.6 Å². The van der Waals surface area contributed by atoms with Gasteiger partial charge in [-0.05, 0) is 105 Å². The van der Waals surface area contributed by atoms with Gasteiger partial charge in [-0.3, -0.25) is 9.10 Å². The van der Waals surface area contributed by atoms with E-state index in [-0.39, 0.29) is 41.7 Å². The van der Waals surface area contributed by atoms with Gasteiger partial charge in [-0.2, -0.15) is 4.31 Å². The van der Waals surface area contributed by atoms with E-state index in [9.17, 15) is 21.6 Å². The van der Waals surface area contributed by atoms with Gasteiger partial charge < -0.3 is 4.90 Å². The lowest BCUT2D eigenvalue weighted by atomic mass is 9.95. The number of carbonyl (C=O) groups excluding carboxylic acids is 1. The lowest BCUT2D eigenvalue weighted by Crippen LogP contribution is -2.50. The Bertz CT molecular complexity index is 1770. The van der Waals surface area contributed by atoms with Crippen molar-refractivity contribution in [2.24, 2.45) is 0 Å². The second-order valence-electron chi connectivity index (χ2n) is 11.1. The van der Waals surface area contributed by atoms with E-state index in [2.05, 4.69) is 0 Å². The van der Waals surface area contributed by atoms with E-state index in [1.165, 1.54) is 31.7 Å². The average Bonchev–Trinajstić information content (AvgIpc) is 2.98. The molecule has 0 aliphatic carbocycles. The maximum atomic E-state index is 13.8. The summed E-state index contributed by atoms with van der Waals surface area (Å²) in [4.78, 5) is 15.5. The number of para-hydroxylation sites is 1. The number of fused-ring (bicyclic) bond motifs is 1. The minimum atomic E-state index is -3.94. The van der Waals surface area contributed by atoms with Gasteiger partial charge in [-0.25, -0.2) is 16.8 Å². The lowest BCUT2D eigenvalue weighted by Gasteiger charge is -2.35. The number of nitrogens with zero attached hydrogens (tertiary/aromatic N) is 3. The number of rotatable bonds is 5. The first-order valence-corrected chi connectivity index (χ1v) is 17.3. The monoisotopic (exact) mass is 629 g/mol. The van der Waals surface area contributed by atoms with Crippen molar-refractivity contribution in [2.75, 3.05) is 37.0 Å². The van der Waals surface area contributed by atoms with E-state index in [1.54, 1.807) is 6.07 Å². The van der Waals surface area contributed by atoms with Crippen LogP contribution in [0.3, 0.4) is 0 Å². The van der Waals surface area contributed by atoms with Gasteiger partial charge in [0.25, 0.3) is 15.9 Å². The molecule has 3 aromatic rings. The van der Waals surface area contributed by atoms with Crippen LogP contribution in [0.1, 0.15) is 50.2 Å². The third-order valence-electron chi connectivity index (χ3n) is 8.88. The molecule has 224 valence electrons. The molecule has 0 unspecified atom stereocenters. The van der Waals surface area contributed by atoms with E-state index < -0.39 is 26.0 Å². The molecule has 5 rings (SSSR count). The second kappa shape index (κ2) is 11.3. The number of carbonyl (C=O) groups is 1. The molecule has 42 heavy (non-hydrogen) atoms. The summed E-state index contributed by atoms with van der Waals surface area (Å²) < 4.78 is 57.8. The third-order valence-corrected chi connectivity index (χ3v) is 13.2. The molecule has 0 atom stereocenters. The summed E-state index contributed by atoms with van der Waals surface area (Å²) in [7, 11) is -7.73. The van der Waals surface area contributed by atoms with E-state index >= 15 is 0 Å². The molecule has 2 aliphatic heterocycles. The molecule has 1 amide bonds. The summed E-state index contributed by atoms with van der Waals surface area (Å²) in [5.41, 5.74) is 6.19. The summed E-state index contributed by atoms with van der Waals surface area (Å²) in [6, 6.07) is 11.6. The first-order valence-electron chi connectivity index (χ1n) is 14.0. The van der Waals surface area contributed by atoms with E-state index in [0.717, 1.165) is 39.8 Å². The topological polar surface area (TPSA) is 95.1 Å². The van der Waals surface area contributed by atoms with Crippen molar-refractivity contribution >= 4 is 43.2 Å². The van der Waals surface area contributed by atoms with Crippen LogP contribution >= 0.6 is 11.6 Å². The standard InChI is InChI=1S/C31H36ClN3O5S2/c1-20-21(2)23(4)30(24(5)22(20)3)42(39,40)34-17-15-33(16-18-34)31(36)27-19-26(12-13-28(27)32)41(37,38)35-14-8-10-25-9-6-7-11-29(25)35/h6-7,9,11-13,19H,8,10,14-18H2,1-5H3. The molecule has 3 aromatic carbocycles. The van der Waals surface area contributed by atoms with E-state index in [1.807, 2.05) is 52.8 Å². The smallest absolute Gasteiger partial charge is 0.264 e. The molecule has 1 fully saturated rings. The van der Waals surface area contributed by atoms with Gasteiger partial charge in [0.05, 0.1) is 26.1 Å². The van der Waals surface area contributed by atoms with Crippen molar-refractivity contribution in [3.05, 3.63) is 86.4 Å². The third kappa shape index (κ3) is 5.12. The largest absolute Gasteiger partial charge is 0.336 e. The number of sulfonamides is 2. The van der Waals surface area contributed by atoms with Crippen molar-refractivity contribution in [3.8, 4) is 0 Å². The van der Waals surface area contributed by atoms with Gasteiger partial charge in [0.2, 0.25) is 10.0 Å². The molecule has 11 heteroatoms. The normalized spacial score (nSPS) is 16.4. The first-order chi connectivity index (χ1) is 19.8. The zero-order chi connectivity index (χ0) is 30.6. The van der Waals surface area contributed by atoms with E-state index in [0.29, 0.717) is 23.5 Å². The molecule has 0 spiro atoms. The van der Waals surface area contributed by atoms with Gasteiger partial charge in [0, 0.05) is 32.7 Å². The fourth-order valence-corrected chi connectivity index (χ4v) is 9.74. The Morgan fingerprint density at radius 2 is 1.33 bits per heavy atom. The number of hydrogen-bond donors (Lipinski definition) is 0. The molecule has 0 saturated carbocycles. The van der Waals surface area contributed by atoms with Crippen LogP contribution in [-0.2, 0) is 26.5 Å². The Morgan fingerprint density at radius 1 is 0.738 bits per heavy atom. The van der Waals surface area contributed by atoms with Gasteiger partial charge in [0.15, 0.2) is 0 Å². The predicted molar refractivity (Wildman–Crippen MR) is 166 cm³/mol. The molecule has 0 aromatic heterocycles. The fraction of sp³-hybridized carbons (Fsp3) is 0.387. The van der Waals surface area contributed by atoms with Crippen LogP contribution in [0.5, 0.6) is 0 Å². The van der Waals surface area contributed by atoms with Crippen LogP contribution in [0.15, 0.2) is 52.3 Å². The Labute approximate surface area is 254 Å². The average molecular weight is 630 g/mol. The van der Waals surface area contributed by atoms with Crippen molar-refractivity contribution in [3.63, 3.8) is 0 Å². The fourth-order valence-electron chi connectivity index (χ4n) is 5.99. The number of aryl methyl sites for hydroxylation is 1. The second-order valence-corrected chi connectivity index (χ2v) is 15.2. The molecular weight excluding hydrogens is 594 g/mol. The summed E-state index contributed by atoms with van der Waals surface area (Å²) in [5, 5.41) is 0.143. The maximum Gasteiger partial charge on any atom is 0.264 e. The number of piperazine rings is 1. The number of benzene rings is 3. The molecule has 8 nitrogen and oxygen atoms in total. The van der Waals surface area contributed by atoms with Crippen LogP contribution in [-0.4, -0.2) is 64.7 Å². The first kappa shape index (κ1) is 30.5. The van der Waals surface area contributed by atoms with Crippen LogP contribution in [0.25, 0.3) is 0 Å². The van der Waals surface area contributed by atoms with Gasteiger partial charge in [-0.15, -0.1) is 0 Å². The number of amides is 1. The Hall–Kier alpha value is -2.92. The Balaban J connectivity index is 1.37. The van der Waals surface area contributed by atoms with Gasteiger partial charge >= 0.3 is 0 Å². The summed E-state index contributed by atoms with van der Waals surface area (Å²) in [6.45, 7) is 10.5. The molecular formula is C31H36ClN3O5S2. The maximum absolute atomic E-state index is 13.8. The molecule has 0 bridgehead atoms. The van der Waals surface area contributed by atoms with Crippen molar-refractivity contribution in [2.45, 2.75) is 57.3 Å². The van der Waals surface area contributed by atoms with Crippen LogP contribution in [0.4, 0.5) is 5.69 Å². The van der Waals surface area contributed by atoms with E-state index in [4.69, 9.17) is 11.6 Å². The molecule has 0 radical (unpaired) electrons. The molecule has 2 heterocycles. The highest BCUT2D eigenvalue weighted by molar-refractivity contribution is 7.92.